The van der Waals surface area contributed by atoms with Gasteiger partial charge in [0.05, 0.1) is 0 Å². The van der Waals surface area contributed by atoms with E-state index in [0.717, 1.165) is 21.9 Å². The fraction of sp³-hybridized carbons (Fsp3) is 0.0769. The van der Waals surface area contributed by atoms with E-state index in [1.165, 1.54) is 12.5 Å². The van der Waals surface area contributed by atoms with Crippen LogP contribution < -0.4 is 9.47 Å². The number of hydrogen-bond donors (Lipinski definition) is 0. The molecule has 156 valence electrons. The topological polar surface area (TPSA) is 61.8 Å². The molecule has 0 saturated carbocycles. The first-order chi connectivity index (χ1) is 14.8. The van der Waals surface area contributed by atoms with Gasteiger partial charge in [-0.25, -0.2) is 9.59 Å². The standard InChI is InChI=1S/C26H22O5/c1-17(2)25(27)30-14-13-29-23-10-7-19(8-11-23)20-5-6-22-16-24(12-9-21(22)15-20)31-26(28)18(3)4/h5-16H,1,3H2,2,4H3. The van der Waals surface area contributed by atoms with Gasteiger partial charge >= 0.3 is 11.9 Å². The van der Waals surface area contributed by atoms with Crippen LogP contribution in [0.5, 0.6) is 11.5 Å². The molecular formula is C26H22O5. The van der Waals surface area contributed by atoms with E-state index in [1.54, 1.807) is 19.9 Å². The Balaban J connectivity index is 1.69. The summed E-state index contributed by atoms with van der Waals surface area (Å²) in [6.07, 6.45) is 2.47. The zero-order chi connectivity index (χ0) is 22.4. The number of benzene rings is 3. The van der Waals surface area contributed by atoms with Crippen molar-refractivity contribution >= 4 is 22.7 Å². The van der Waals surface area contributed by atoms with Crippen molar-refractivity contribution < 1.29 is 23.8 Å². The third kappa shape index (κ3) is 5.70. The highest BCUT2D eigenvalue weighted by molar-refractivity contribution is 5.91. The fourth-order valence-electron chi connectivity index (χ4n) is 2.68. The zero-order valence-corrected chi connectivity index (χ0v) is 17.4. The van der Waals surface area contributed by atoms with E-state index < -0.39 is 11.9 Å². The van der Waals surface area contributed by atoms with Gasteiger partial charge in [-0.15, -0.1) is 0 Å². The van der Waals surface area contributed by atoms with E-state index in [1.807, 2.05) is 48.5 Å². The van der Waals surface area contributed by atoms with Crippen LogP contribution in [0, 0.1) is 0 Å². The molecule has 5 heteroatoms. The van der Waals surface area contributed by atoms with Gasteiger partial charge in [-0.1, -0.05) is 43.5 Å². The molecule has 0 N–H and O–H groups in total. The van der Waals surface area contributed by atoms with Crippen LogP contribution in [-0.4, -0.2) is 11.9 Å². The smallest absolute Gasteiger partial charge is 0.338 e. The van der Waals surface area contributed by atoms with Crippen molar-refractivity contribution in [3.63, 3.8) is 0 Å². The van der Waals surface area contributed by atoms with Gasteiger partial charge in [0.15, 0.2) is 0 Å². The molecule has 0 amide bonds. The molecule has 0 aliphatic rings. The lowest BCUT2D eigenvalue weighted by atomic mass is 10.0. The second kappa shape index (κ2) is 9.59. The van der Waals surface area contributed by atoms with Crippen molar-refractivity contribution in [1.29, 1.82) is 0 Å². The summed E-state index contributed by atoms with van der Waals surface area (Å²) in [5, 5.41) is 1.99. The summed E-state index contributed by atoms with van der Waals surface area (Å²) in [5.74, 6) is 0.141. The van der Waals surface area contributed by atoms with Crippen molar-refractivity contribution in [1.82, 2.24) is 0 Å². The summed E-state index contributed by atoms with van der Waals surface area (Å²) in [6.45, 7) is 10.3. The fourth-order valence-corrected chi connectivity index (χ4v) is 2.68. The highest BCUT2D eigenvalue weighted by Gasteiger charge is 2.07. The summed E-state index contributed by atoms with van der Waals surface area (Å²) in [7, 11) is 0. The van der Waals surface area contributed by atoms with Crippen LogP contribution in [0.3, 0.4) is 0 Å². The van der Waals surface area contributed by atoms with E-state index in [4.69, 9.17) is 14.2 Å². The molecule has 0 aromatic heterocycles. The van der Waals surface area contributed by atoms with Crippen LogP contribution in [0.2, 0.25) is 0 Å². The van der Waals surface area contributed by atoms with E-state index in [-0.39, 0.29) is 0 Å². The SMILES string of the molecule is C=C(C)C(=O)OC=COc1ccc(-c2ccc3cc(OC(=O)C(=C)C)ccc3c2)cc1. The van der Waals surface area contributed by atoms with E-state index >= 15 is 0 Å². The summed E-state index contributed by atoms with van der Waals surface area (Å²) in [5.41, 5.74) is 2.72. The molecule has 0 bridgehead atoms. The highest BCUT2D eigenvalue weighted by atomic mass is 16.5. The summed E-state index contributed by atoms with van der Waals surface area (Å²) in [6, 6.07) is 19.1. The van der Waals surface area contributed by atoms with Gasteiger partial charge in [-0.05, 0) is 66.1 Å². The molecule has 0 unspecified atom stereocenters. The second-order valence-electron chi connectivity index (χ2n) is 6.99. The molecule has 0 saturated heterocycles. The summed E-state index contributed by atoms with van der Waals surface area (Å²) < 4.78 is 15.5. The molecule has 0 spiro atoms. The van der Waals surface area contributed by atoms with Crippen LogP contribution in [0.25, 0.3) is 21.9 Å². The van der Waals surface area contributed by atoms with Gasteiger partial charge in [0, 0.05) is 11.1 Å². The molecule has 5 nitrogen and oxygen atoms in total. The van der Waals surface area contributed by atoms with Gasteiger partial charge in [-0.2, -0.15) is 0 Å². The lowest BCUT2D eigenvalue weighted by molar-refractivity contribution is -0.133. The molecule has 0 aliphatic heterocycles. The molecule has 3 aromatic carbocycles. The predicted molar refractivity (Wildman–Crippen MR) is 121 cm³/mol. The molecule has 0 heterocycles. The average molecular weight is 414 g/mol. The number of rotatable bonds is 7. The lowest BCUT2D eigenvalue weighted by Gasteiger charge is -2.08. The van der Waals surface area contributed by atoms with Crippen molar-refractivity contribution in [2.45, 2.75) is 13.8 Å². The van der Waals surface area contributed by atoms with Crippen molar-refractivity contribution in [2.75, 3.05) is 0 Å². The number of carbonyl (C=O) groups is 2. The number of hydrogen-bond acceptors (Lipinski definition) is 5. The Morgan fingerprint density at radius 3 is 1.97 bits per heavy atom. The highest BCUT2D eigenvalue weighted by Crippen LogP contribution is 2.28. The Morgan fingerprint density at radius 2 is 1.29 bits per heavy atom. The molecule has 0 radical (unpaired) electrons. The van der Waals surface area contributed by atoms with Crippen molar-refractivity contribution in [3.05, 3.63) is 97.5 Å². The number of fused-ring (bicyclic) bond motifs is 1. The van der Waals surface area contributed by atoms with Crippen LogP contribution in [0.4, 0.5) is 0 Å². The normalized spacial score (nSPS) is 10.6. The first-order valence-electron chi connectivity index (χ1n) is 9.53. The third-order valence-corrected chi connectivity index (χ3v) is 4.34. The Morgan fingerprint density at radius 1 is 0.710 bits per heavy atom. The Kier molecular flexibility index (Phi) is 6.67. The third-order valence-electron chi connectivity index (χ3n) is 4.34. The monoisotopic (exact) mass is 414 g/mol. The Bertz CT molecular complexity index is 1190. The Labute approximate surface area is 180 Å². The molecule has 0 fully saturated rings. The molecule has 0 atom stereocenters. The quantitative estimate of drug-likeness (QED) is 0.207. The summed E-state index contributed by atoms with van der Waals surface area (Å²) in [4.78, 5) is 23.0. The maximum atomic E-state index is 11.7. The zero-order valence-electron chi connectivity index (χ0n) is 17.4. The van der Waals surface area contributed by atoms with E-state index in [9.17, 15) is 9.59 Å². The van der Waals surface area contributed by atoms with Gasteiger partial charge in [0.2, 0.25) is 0 Å². The minimum atomic E-state index is -0.507. The molecule has 0 aliphatic carbocycles. The second-order valence-corrected chi connectivity index (χ2v) is 6.99. The predicted octanol–water partition coefficient (Wildman–Crippen LogP) is 5.96. The first-order valence-corrected chi connectivity index (χ1v) is 9.53. The Hall–Kier alpha value is -4.12. The lowest BCUT2D eigenvalue weighted by Crippen LogP contribution is -2.07. The molecule has 3 aromatic rings. The van der Waals surface area contributed by atoms with Crippen LogP contribution in [0.1, 0.15) is 13.8 Å². The minimum absolute atomic E-state index is 0.313. The first kappa shape index (κ1) is 21.6. The maximum absolute atomic E-state index is 11.7. The molecular weight excluding hydrogens is 392 g/mol. The number of esters is 2. The molecule has 31 heavy (non-hydrogen) atoms. The van der Waals surface area contributed by atoms with Crippen LogP contribution in [0.15, 0.2) is 97.5 Å². The molecule has 3 rings (SSSR count). The van der Waals surface area contributed by atoms with Crippen molar-refractivity contribution in [2.24, 2.45) is 0 Å². The van der Waals surface area contributed by atoms with Gasteiger partial charge in [0.1, 0.15) is 24.0 Å². The van der Waals surface area contributed by atoms with Gasteiger partial charge in [0.25, 0.3) is 0 Å². The number of ether oxygens (including phenoxy) is 3. The maximum Gasteiger partial charge on any atom is 0.338 e. The largest absolute Gasteiger partial charge is 0.462 e. The number of carbonyl (C=O) groups excluding carboxylic acids is 2. The van der Waals surface area contributed by atoms with Gasteiger partial charge in [-0.3, -0.25) is 0 Å². The van der Waals surface area contributed by atoms with Crippen LogP contribution >= 0.6 is 0 Å². The van der Waals surface area contributed by atoms with E-state index in [0.29, 0.717) is 22.6 Å². The van der Waals surface area contributed by atoms with Crippen LogP contribution in [-0.2, 0) is 14.3 Å². The average Bonchev–Trinajstić information content (AvgIpc) is 2.76. The van der Waals surface area contributed by atoms with Crippen molar-refractivity contribution in [3.8, 4) is 22.6 Å². The van der Waals surface area contributed by atoms with Gasteiger partial charge < -0.3 is 14.2 Å². The minimum Gasteiger partial charge on any atom is -0.462 e. The summed E-state index contributed by atoms with van der Waals surface area (Å²) >= 11 is 0. The van der Waals surface area contributed by atoms with E-state index in [2.05, 4.69) is 19.2 Å².